The molecule has 0 aliphatic heterocycles. The fourth-order valence-corrected chi connectivity index (χ4v) is 3.82. The molecule has 0 radical (unpaired) electrons. The second-order valence-electron chi connectivity index (χ2n) is 6.75. The number of amides is 3. The molecule has 0 saturated heterocycles. The highest BCUT2D eigenvalue weighted by atomic mass is 79.9. The summed E-state index contributed by atoms with van der Waals surface area (Å²) in [6.07, 6.45) is 1.13. The van der Waals surface area contributed by atoms with Gasteiger partial charge in [0.15, 0.2) is 0 Å². The van der Waals surface area contributed by atoms with Gasteiger partial charge in [0.2, 0.25) is 6.41 Å². The number of anilines is 1. The van der Waals surface area contributed by atoms with Crippen LogP contribution in [0.1, 0.15) is 26.3 Å². The van der Waals surface area contributed by atoms with Crippen LogP contribution < -0.4 is 4.90 Å². The van der Waals surface area contributed by atoms with Gasteiger partial charge in [0.05, 0.1) is 5.69 Å². The van der Waals surface area contributed by atoms with Crippen LogP contribution in [0.15, 0.2) is 46.9 Å². The Hall–Kier alpha value is -1.56. The number of carbonyl (C=O) groups is 2. The van der Waals surface area contributed by atoms with Gasteiger partial charge in [-0.15, -0.1) is 0 Å². The summed E-state index contributed by atoms with van der Waals surface area (Å²) in [6, 6.07) is 12.2. The van der Waals surface area contributed by atoms with Gasteiger partial charge < -0.3 is 4.90 Å². The zero-order chi connectivity index (χ0) is 20.2. The third-order valence-corrected chi connectivity index (χ3v) is 5.23. The SMILES string of the molecule is CCN(C(=O)N(C=O)c1cc(Cl)cc(Cl)c1)C(C)(C)Cc1ccc(Br)cc1. The van der Waals surface area contributed by atoms with Crippen LogP contribution in [0.4, 0.5) is 10.5 Å². The molecule has 2 rings (SSSR count). The van der Waals surface area contributed by atoms with E-state index in [0.29, 0.717) is 35.1 Å². The fourth-order valence-electron chi connectivity index (χ4n) is 3.04. The predicted octanol–water partition coefficient (Wildman–Crippen LogP) is 6.18. The number of hydrogen-bond acceptors (Lipinski definition) is 2. The second kappa shape index (κ2) is 9.09. The zero-order valence-electron chi connectivity index (χ0n) is 15.4. The quantitative estimate of drug-likeness (QED) is 0.471. The summed E-state index contributed by atoms with van der Waals surface area (Å²) < 4.78 is 0.998. The molecule has 0 aliphatic rings. The van der Waals surface area contributed by atoms with Gasteiger partial charge in [-0.05, 0) is 63.1 Å². The number of hydrogen-bond donors (Lipinski definition) is 0. The first-order chi connectivity index (χ1) is 12.7. The van der Waals surface area contributed by atoms with Gasteiger partial charge in [0, 0.05) is 26.6 Å². The molecule has 144 valence electrons. The summed E-state index contributed by atoms with van der Waals surface area (Å²) in [5, 5.41) is 0.712. The Labute approximate surface area is 178 Å². The highest BCUT2D eigenvalue weighted by Crippen LogP contribution is 2.28. The molecule has 0 bridgehead atoms. The molecule has 0 spiro atoms. The van der Waals surface area contributed by atoms with E-state index in [0.717, 1.165) is 14.9 Å². The second-order valence-corrected chi connectivity index (χ2v) is 8.53. The van der Waals surface area contributed by atoms with Crippen LogP contribution in [-0.2, 0) is 11.2 Å². The van der Waals surface area contributed by atoms with Crippen molar-refractivity contribution in [2.75, 3.05) is 11.4 Å². The Morgan fingerprint density at radius 1 is 1.11 bits per heavy atom. The number of halogens is 3. The highest BCUT2D eigenvalue weighted by molar-refractivity contribution is 9.10. The monoisotopic (exact) mass is 470 g/mol. The Morgan fingerprint density at radius 3 is 2.15 bits per heavy atom. The Balaban J connectivity index is 2.30. The number of rotatable bonds is 6. The number of imide groups is 1. The van der Waals surface area contributed by atoms with Gasteiger partial charge in [0.1, 0.15) is 0 Å². The van der Waals surface area contributed by atoms with Crippen LogP contribution in [-0.4, -0.2) is 29.4 Å². The number of nitrogens with zero attached hydrogens (tertiary/aromatic N) is 2. The minimum absolute atomic E-state index is 0.338. The van der Waals surface area contributed by atoms with Crippen LogP contribution in [0, 0.1) is 0 Å². The van der Waals surface area contributed by atoms with Crippen molar-refractivity contribution >= 4 is 57.3 Å². The molecule has 2 aromatic carbocycles. The molecule has 0 atom stereocenters. The van der Waals surface area contributed by atoms with Crippen LogP contribution >= 0.6 is 39.1 Å². The normalized spacial score (nSPS) is 11.2. The van der Waals surface area contributed by atoms with Crippen molar-refractivity contribution in [2.24, 2.45) is 0 Å². The minimum Gasteiger partial charge on any atom is -0.319 e. The van der Waals surface area contributed by atoms with Crippen molar-refractivity contribution in [2.45, 2.75) is 32.7 Å². The summed E-state index contributed by atoms with van der Waals surface area (Å²) in [7, 11) is 0. The first-order valence-corrected chi connectivity index (χ1v) is 9.99. The van der Waals surface area contributed by atoms with Crippen molar-refractivity contribution in [3.05, 3.63) is 62.5 Å². The minimum atomic E-state index is -0.511. The van der Waals surface area contributed by atoms with Crippen LogP contribution in [0.2, 0.25) is 10.0 Å². The third kappa shape index (κ3) is 5.47. The number of carbonyl (C=O) groups excluding carboxylic acids is 2. The average Bonchev–Trinajstić information content (AvgIpc) is 2.57. The lowest BCUT2D eigenvalue weighted by Gasteiger charge is -2.40. The van der Waals surface area contributed by atoms with Crippen molar-refractivity contribution in [3.8, 4) is 0 Å². The molecular formula is C20H21BrCl2N2O2. The standard InChI is InChI=1S/C20H21BrCl2N2O2/c1-4-25(20(2,3)12-14-5-7-15(21)8-6-14)19(27)24(13-26)18-10-16(22)9-17(23)11-18/h5-11,13H,4,12H2,1-3H3. The van der Waals surface area contributed by atoms with E-state index >= 15 is 0 Å². The van der Waals surface area contributed by atoms with Crippen LogP contribution in [0.3, 0.4) is 0 Å². The third-order valence-electron chi connectivity index (χ3n) is 4.26. The largest absolute Gasteiger partial charge is 0.331 e. The van der Waals surface area contributed by atoms with Gasteiger partial charge in [-0.25, -0.2) is 9.69 Å². The number of urea groups is 1. The molecule has 7 heteroatoms. The molecule has 27 heavy (non-hydrogen) atoms. The zero-order valence-corrected chi connectivity index (χ0v) is 18.5. The molecule has 0 N–H and O–H groups in total. The van der Waals surface area contributed by atoms with E-state index in [2.05, 4.69) is 15.9 Å². The van der Waals surface area contributed by atoms with Crippen LogP contribution in [0.5, 0.6) is 0 Å². The molecule has 0 aliphatic carbocycles. The fraction of sp³-hybridized carbons (Fsp3) is 0.300. The van der Waals surface area contributed by atoms with E-state index in [9.17, 15) is 9.59 Å². The first kappa shape index (κ1) is 21.7. The highest BCUT2D eigenvalue weighted by Gasteiger charge is 2.33. The van der Waals surface area contributed by atoms with Crippen molar-refractivity contribution in [3.63, 3.8) is 0 Å². The van der Waals surface area contributed by atoms with Crippen molar-refractivity contribution in [1.82, 2.24) is 4.90 Å². The van der Waals surface area contributed by atoms with Gasteiger partial charge >= 0.3 is 6.03 Å². The smallest absolute Gasteiger partial charge is 0.319 e. The lowest BCUT2D eigenvalue weighted by atomic mass is 9.93. The summed E-state index contributed by atoms with van der Waals surface area (Å²) in [5.74, 6) is 0. The summed E-state index contributed by atoms with van der Waals surface area (Å²) in [4.78, 5) is 27.5. The van der Waals surface area contributed by atoms with Gasteiger partial charge in [-0.1, -0.05) is 51.3 Å². The maximum atomic E-state index is 13.1. The van der Waals surface area contributed by atoms with Crippen molar-refractivity contribution in [1.29, 1.82) is 0 Å². The van der Waals surface area contributed by atoms with E-state index in [4.69, 9.17) is 23.2 Å². The Bertz CT molecular complexity index is 805. The molecular weight excluding hydrogens is 451 g/mol. The van der Waals surface area contributed by atoms with Gasteiger partial charge in [0.25, 0.3) is 0 Å². The topological polar surface area (TPSA) is 40.6 Å². The number of benzene rings is 2. The maximum Gasteiger partial charge on any atom is 0.331 e. The summed E-state index contributed by atoms with van der Waals surface area (Å²) in [6.45, 7) is 6.28. The predicted molar refractivity (Wildman–Crippen MR) is 115 cm³/mol. The molecule has 0 fully saturated rings. The lowest BCUT2D eigenvalue weighted by molar-refractivity contribution is -0.107. The maximum absolute atomic E-state index is 13.1. The molecule has 4 nitrogen and oxygen atoms in total. The molecule has 0 heterocycles. The van der Waals surface area contributed by atoms with Crippen molar-refractivity contribution < 1.29 is 9.59 Å². The first-order valence-electron chi connectivity index (χ1n) is 8.44. The summed E-state index contributed by atoms with van der Waals surface area (Å²) >= 11 is 15.5. The van der Waals surface area contributed by atoms with Gasteiger partial charge in [-0.2, -0.15) is 0 Å². The molecule has 2 aromatic rings. The molecule has 3 amide bonds. The molecule has 0 unspecified atom stereocenters. The number of likely N-dealkylation sites (N-methyl/N-ethyl adjacent to an activating group) is 1. The average molecular weight is 472 g/mol. The van der Waals surface area contributed by atoms with E-state index < -0.39 is 11.6 Å². The Morgan fingerprint density at radius 2 is 1.67 bits per heavy atom. The Kier molecular flexibility index (Phi) is 7.32. The van der Waals surface area contributed by atoms with Gasteiger partial charge in [-0.3, -0.25) is 4.79 Å². The van der Waals surface area contributed by atoms with Crippen LogP contribution in [0.25, 0.3) is 0 Å². The summed E-state index contributed by atoms with van der Waals surface area (Å²) in [5.41, 5.74) is 0.923. The van der Waals surface area contributed by atoms with E-state index in [-0.39, 0.29) is 0 Å². The molecule has 0 saturated carbocycles. The van der Waals surface area contributed by atoms with E-state index in [1.165, 1.54) is 12.1 Å². The molecule has 0 aromatic heterocycles. The van der Waals surface area contributed by atoms with E-state index in [1.54, 1.807) is 11.0 Å². The van der Waals surface area contributed by atoms with E-state index in [1.807, 2.05) is 45.0 Å². The lowest BCUT2D eigenvalue weighted by Crippen LogP contribution is -2.54.